The maximum absolute atomic E-state index is 12.6. The van der Waals surface area contributed by atoms with Gasteiger partial charge in [-0.3, -0.25) is 4.79 Å². The summed E-state index contributed by atoms with van der Waals surface area (Å²) in [5, 5.41) is 11.3. The Hall–Kier alpha value is -1.77. The van der Waals surface area contributed by atoms with Gasteiger partial charge in [-0.2, -0.15) is 13.2 Å². The molecule has 0 saturated carbocycles. The predicted octanol–water partition coefficient (Wildman–Crippen LogP) is 2.65. The number of sulfone groups is 1. The summed E-state index contributed by atoms with van der Waals surface area (Å²) in [4.78, 5) is 9.75. The number of aliphatic carboxylic acids is 1. The SMILES string of the molecule is CCC(CC(=O)O)Nc1ccccc1S(=O)(=O)C(F)(F)F. The van der Waals surface area contributed by atoms with E-state index in [2.05, 4.69) is 5.32 Å². The van der Waals surface area contributed by atoms with Gasteiger partial charge in [0.1, 0.15) is 0 Å². The number of alkyl halides is 3. The monoisotopic (exact) mass is 325 g/mol. The van der Waals surface area contributed by atoms with Crippen LogP contribution in [-0.2, 0) is 14.6 Å². The highest BCUT2D eigenvalue weighted by molar-refractivity contribution is 7.92. The van der Waals surface area contributed by atoms with Crippen LogP contribution < -0.4 is 5.32 Å². The zero-order valence-electron chi connectivity index (χ0n) is 11.0. The first kappa shape index (κ1) is 17.3. The lowest BCUT2D eigenvalue weighted by Crippen LogP contribution is -2.27. The summed E-state index contributed by atoms with van der Waals surface area (Å²) in [6.45, 7) is 1.64. The Kier molecular flexibility index (Phi) is 5.21. The molecule has 0 aliphatic heterocycles. The average molecular weight is 325 g/mol. The Balaban J connectivity index is 3.19. The summed E-state index contributed by atoms with van der Waals surface area (Å²) < 4.78 is 60.8. The van der Waals surface area contributed by atoms with Gasteiger partial charge in [0.05, 0.1) is 17.0 Å². The van der Waals surface area contributed by atoms with Gasteiger partial charge >= 0.3 is 11.5 Å². The third kappa shape index (κ3) is 4.10. The van der Waals surface area contributed by atoms with Gasteiger partial charge in [-0.15, -0.1) is 0 Å². The van der Waals surface area contributed by atoms with Crippen LogP contribution in [0.25, 0.3) is 0 Å². The molecular weight excluding hydrogens is 311 g/mol. The molecule has 1 rings (SSSR count). The summed E-state index contributed by atoms with van der Waals surface area (Å²) in [6, 6.07) is 3.86. The van der Waals surface area contributed by atoms with Crippen LogP contribution in [0.3, 0.4) is 0 Å². The number of anilines is 1. The largest absolute Gasteiger partial charge is 0.501 e. The second-order valence-corrected chi connectivity index (χ2v) is 6.20. The molecule has 118 valence electrons. The van der Waals surface area contributed by atoms with Crippen molar-refractivity contribution in [3.8, 4) is 0 Å². The van der Waals surface area contributed by atoms with Gasteiger partial charge in [-0.25, -0.2) is 8.42 Å². The van der Waals surface area contributed by atoms with Crippen molar-refractivity contribution in [1.82, 2.24) is 0 Å². The molecule has 0 amide bonds. The van der Waals surface area contributed by atoms with Gasteiger partial charge in [0.25, 0.3) is 9.84 Å². The molecule has 0 bridgehead atoms. The van der Waals surface area contributed by atoms with Crippen molar-refractivity contribution >= 4 is 21.5 Å². The molecule has 0 radical (unpaired) electrons. The van der Waals surface area contributed by atoms with Crippen molar-refractivity contribution in [3.63, 3.8) is 0 Å². The van der Waals surface area contributed by atoms with Gasteiger partial charge in [0, 0.05) is 6.04 Å². The van der Waals surface area contributed by atoms with Gasteiger partial charge in [0.2, 0.25) is 0 Å². The number of para-hydroxylation sites is 1. The molecule has 21 heavy (non-hydrogen) atoms. The number of halogens is 3. The minimum atomic E-state index is -5.50. The molecule has 0 fully saturated rings. The Bertz CT molecular complexity index is 613. The fraction of sp³-hybridized carbons (Fsp3) is 0.417. The first-order valence-corrected chi connectivity index (χ1v) is 7.46. The zero-order chi connectivity index (χ0) is 16.3. The predicted molar refractivity (Wildman–Crippen MR) is 69.6 cm³/mol. The molecule has 5 nitrogen and oxygen atoms in total. The van der Waals surface area contributed by atoms with E-state index in [-0.39, 0.29) is 12.1 Å². The zero-order valence-corrected chi connectivity index (χ0v) is 11.8. The number of carbonyl (C=O) groups is 1. The van der Waals surface area contributed by atoms with E-state index in [0.29, 0.717) is 6.42 Å². The van der Waals surface area contributed by atoms with Gasteiger partial charge in [-0.1, -0.05) is 19.1 Å². The number of nitrogens with one attached hydrogen (secondary N) is 1. The fourth-order valence-electron chi connectivity index (χ4n) is 1.67. The Labute approximate surface area is 119 Å². The molecule has 2 N–H and O–H groups in total. The third-order valence-corrected chi connectivity index (χ3v) is 4.30. The second kappa shape index (κ2) is 6.33. The average Bonchev–Trinajstić information content (AvgIpc) is 2.36. The van der Waals surface area contributed by atoms with Crippen LogP contribution in [-0.4, -0.2) is 31.0 Å². The van der Waals surface area contributed by atoms with E-state index in [1.807, 2.05) is 0 Å². The van der Waals surface area contributed by atoms with Crippen LogP contribution in [0, 0.1) is 0 Å². The molecule has 0 aliphatic rings. The molecule has 1 unspecified atom stereocenters. The fourth-order valence-corrected chi connectivity index (χ4v) is 2.60. The van der Waals surface area contributed by atoms with E-state index in [0.717, 1.165) is 6.07 Å². The minimum Gasteiger partial charge on any atom is -0.481 e. The van der Waals surface area contributed by atoms with Crippen LogP contribution in [0.4, 0.5) is 18.9 Å². The van der Waals surface area contributed by atoms with E-state index in [1.54, 1.807) is 6.92 Å². The van der Waals surface area contributed by atoms with Crippen molar-refractivity contribution in [2.24, 2.45) is 0 Å². The van der Waals surface area contributed by atoms with Gasteiger partial charge < -0.3 is 10.4 Å². The molecule has 1 atom stereocenters. The molecule has 0 aliphatic carbocycles. The number of hydrogen-bond acceptors (Lipinski definition) is 4. The van der Waals surface area contributed by atoms with Crippen LogP contribution in [0.2, 0.25) is 0 Å². The minimum absolute atomic E-state index is 0.261. The second-order valence-electron chi connectivity index (χ2n) is 4.29. The van der Waals surface area contributed by atoms with Crippen LogP contribution in [0.15, 0.2) is 29.2 Å². The first-order chi connectivity index (χ1) is 9.59. The van der Waals surface area contributed by atoms with Crippen molar-refractivity contribution in [3.05, 3.63) is 24.3 Å². The smallest absolute Gasteiger partial charge is 0.481 e. The number of benzene rings is 1. The number of hydrogen-bond donors (Lipinski definition) is 2. The third-order valence-electron chi connectivity index (χ3n) is 2.75. The highest BCUT2D eigenvalue weighted by Crippen LogP contribution is 2.34. The molecule has 9 heteroatoms. The van der Waals surface area contributed by atoms with Gasteiger partial charge in [-0.05, 0) is 18.6 Å². The Morgan fingerprint density at radius 3 is 2.38 bits per heavy atom. The lowest BCUT2D eigenvalue weighted by molar-refractivity contribution is -0.137. The standard InChI is InChI=1S/C12H14F3NO4S/c1-2-8(7-11(17)18)16-9-5-3-4-6-10(9)21(19,20)12(13,14)15/h3-6,8,16H,2,7H2,1H3,(H,17,18). The van der Waals surface area contributed by atoms with E-state index in [9.17, 15) is 26.4 Å². The van der Waals surface area contributed by atoms with Crippen molar-refractivity contribution in [2.45, 2.75) is 36.2 Å². The highest BCUT2D eigenvalue weighted by Gasteiger charge is 2.48. The summed E-state index contributed by atoms with van der Waals surface area (Å²) in [6.07, 6.45) is -0.0242. The van der Waals surface area contributed by atoms with E-state index in [4.69, 9.17) is 5.11 Å². The molecule has 0 saturated heterocycles. The summed E-state index contributed by atoms with van der Waals surface area (Å²) in [7, 11) is -5.50. The molecule has 0 spiro atoms. The van der Waals surface area contributed by atoms with E-state index < -0.39 is 32.3 Å². The van der Waals surface area contributed by atoms with Crippen LogP contribution in [0.5, 0.6) is 0 Å². The maximum atomic E-state index is 12.6. The molecule has 1 aromatic rings. The lowest BCUT2D eigenvalue weighted by atomic mass is 10.1. The molecular formula is C12H14F3NO4S. The van der Waals surface area contributed by atoms with Crippen molar-refractivity contribution in [2.75, 3.05) is 5.32 Å². The van der Waals surface area contributed by atoms with E-state index >= 15 is 0 Å². The van der Waals surface area contributed by atoms with Crippen molar-refractivity contribution < 1.29 is 31.5 Å². The topological polar surface area (TPSA) is 83.5 Å². The Morgan fingerprint density at radius 1 is 1.33 bits per heavy atom. The quantitative estimate of drug-likeness (QED) is 0.840. The van der Waals surface area contributed by atoms with Gasteiger partial charge in [0.15, 0.2) is 0 Å². The number of carboxylic acid groups (broad SMARTS) is 1. The molecule has 1 aromatic carbocycles. The van der Waals surface area contributed by atoms with Crippen LogP contribution >= 0.6 is 0 Å². The highest BCUT2D eigenvalue weighted by atomic mass is 32.2. The molecule has 0 heterocycles. The summed E-state index contributed by atoms with van der Waals surface area (Å²) >= 11 is 0. The van der Waals surface area contributed by atoms with E-state index in [1.165, 1.54) is 18.2 Å². The number of carboxylic acids is 1. The van der Waals surface area contributed by atoms with Crippen molar-refractivity contribution in [1.29, 1.82) is 0 Å². The normalized spacial score (nSPS) is 13.7. The molecule has 0 aromatic heterocycles. The maximum Gasteiger partial charge on any atom is 0.501 e. The van der Waals surface area contributed by atoms with Crippen LogP contribution in [0.1, 0.15) is 19.8 Å². The Morgan fingerprint density at radius 2 is 1.90 bits per heavy atom. The lowest BCUT2D eigenvalue weighted by Gasteiger charge is -2.19. The number of rotatable bonds is 6. The summed E-state index contributed by atoms with van der Waals surface area (Å²) in [5.74, 6) is -1.13. The summed E-state index contributed by atoms with van der Waals surface area (Å²) in [5.41, 5.74) is -5.68. The first-order valence-electron chi connectivity index (χ1n) is 5.98.